The molecule has 1 aromatic rings. The van der Waals surface area contributed by atoms with Crippen molar-refractivity contribution in [3.05, 3.63) is 34.7 Å². The zero-order valence-electron chi connectivity index (χ0n) is 9.23. The third kappa shape index (κ3) is 2.01. The van der Waals surface area contributed by atoms with Crippen LogP contribution in [0.15, 0.2) is 29.0 Å². The first kappa shape index (κ1) is 12.7. The molecule has 0 aliphatic carbocycles. The number of nitrogens with two attached hydrogens (primary N) is 1. The van der Waals surface area contributed by atoms with Crippen LogP contribution in [0.5, 0.6) is 0 Å². The quantitative estimate of drug-likeness (QED) is 0.622. The summed E-state index contributed by atoms with van der Waals surface area (Å²) in [5.74, 6) is 0.0271. The van der Waals surface area contributed by atoms with Crippen LogP contribution in [0.4, 0.5) is 10.2 Å². The van der Waals surface area contributed by atoms with Crippen molar-refractivity contribution in [1.82, 2.24) is 9.55 Å². The van der Waals surface area contributed by atoms with Gasteiger partial charge in [-0.25, -0.2) is 9.18 Å². The summed E-state index contributed by atoms with van der Waals surface area (Å²) in [5, 5.41) is 18.6. The molecule has 2 rings (SSSR count). The Kier molecular flexibility index (Phi) is 3.41. The maximum Gasteiger partial charge on any atom is 0.351 e. The van der Waals surface area contributed by atoms with Gasteiger partial charge in [0, 0.05) is 11.8 Å². The molecule has 4 N–H and O–H groups in total. The SMILES string of the molecule is Nc1ccn([C@@H]2OC(CO)[C@H](O)/C2=C\F)c(=O)n1. The molecule has 98 valence electrons. The summed E-state index contributed by atoms with van der Waals surface area (Å²) in [6.45, 7) is -0.494. The zero-order chi connectivity index (χ0) is 13.3. The van der Waals surface area contributed by atoms with Crippen molar-refractivity contribution in [2.75, 3.05) is 12.3 Å². The number of nitrogens with zero attached hydrogens (tertiary/aromatic N) is 2. The molecular formula is C10H12FN3O4. The molecule has 8 heteroatoms. The summed E-state index contributed by atoms with van der Waals surface area (Å²) in [6, 6.07) is 1.35. The van der Waals surface area contributed by atoms with Gasteiger partial charge in [0.15, 0.2) is 6.23 Å². The molecule has 1 aliphatic rings. The molecule has 2 heterocycles. The van der Waals surface area contributed by atoms with E-state index >= 15 is 0 Å². The zero-order valence-corrected chi connectivity index (χ0v) is 9.23. The van der Waals surface area contributed by atoms with Gasteiger partial charge in [-0.05, 0) is 6.07 Å². The topological polar surface area (TPSA) is 111 Å². The summed E-state index contributed by atoms with van der Waals surface area (Å²) in [6.07, 6.45) is -1.99. The summed E-state index contributed by atoms with van der Waals surface area (Å²) >= 11 is 0. The third-order valence-corrected chi connectivity index (χ3v) is 2.69. The monoisotopic (exact) mass is 257 g/mol. The predicted molar refractivity (Wildman–Crippen MR) is 59.1 cm³/mol. The Balaban J connectivity index is 2.41. The van der Waals surface area contributed by atoms with Crippen LogP contribution in [0, 0.1) is 0 Å². The molecule has 1 unspecified atom stereocenters. The summed E-state index contributed by atoms with van der Waals surface area (Å²) in [7, 11) is 0. The maximum atomic E-state index is 12.8. The third-order valence-electron chi connectivity index (χ3n) is 2.69. The van der Waals surface area contributed by atoms with Gasteiger partial charge in [0.1, 0.15) is 18.0 Å². The van der Waals surface area contributed by atoms with E-state index in [1.54, 1.807) is 0 Å². The van der Waals surface area contributed by atoms with E-state index in [1.807, 2.05) is 0 Å². The number of anilines is 1. The molecule has 0 amide bonds. The minimum atomic E-state index is -1.31. The molecule has 7 nitrogen and oxygen atoms in total. The van der Waals surface area contributed by atoms with Gasteiger partial charge in [0.25, 0.3) is 0 Å². The summed E-state index contributed by atoms with van der Waals surface area (Å²) in [5.41, 5.74) is 4.45. The molecule has 0 spiro atoms. The number of aromatic nitrogens is 2. The van der Waals surface area contributed by atoms with Crippen LogP contribution < -0.4 is 11.4 Å². The number of aliphatic hydroxyl groups excluding tert-OH is 2. The normalized spacial score (nSPS) is 29.9. The summed E-state index contributed by atoms with van der Waals surface area (Å²) in [4.78, 5) is 15.1. The van der Waals surface area contributed by atoms with Crippen LogP contribution in [0.3, 0.4) is 0 Å². The molecule has 18 heavy (non-hydrogen) atoms. The van der Waals surface area contributed by atoms with Gasteiger partial charge < -0.3 is 20.7 Å². The van der Waals surface area contributed by atoms with Crippen LogP contribution in [0.2, 0.25) is 0 Å². The Morgan fingerprint density at radius 2 is 2.39 bits per heavy atom. The van der Waals surface area contributed by atoms with Gasteiger partial charge in [-0.1, -0.05) is 0 Å². The average Bonchev–Trinajstić information content (AvgIpc) is 2.65. The molecule has 1 aromatic heterocycles. The van der Waals surface area contributed by atoms with Crippen LogP contribution in [-0.2, 0) is 4.74 Å². The van der Waals surface area contributed by atoms with Crippen molar-refractivity contribution in [2.45, 2.75) is 18.4 Å². The highest BCUT2D eigenvalue weighted by atomic mass is 19.1. The first-order chi connectivity index (χ1) is 8.58. The molecule has 3 atom stereocenters. The van der Waals surface area contributed by atoms with Gasteiger partial charge >= 0.3 is 5.69 Å². The fourth-order valence-electron chi connectivity index (χ4n) is 1.77. The van der Waals surface area contributed by atoms with Crippen molar-refractivity contribution in [3.8, 4) is 0 Å². The van der Waals surface area contributed by atoms with E-state index in [9.17, 15) is 14.3 Å². The van der Waals surface area contributed by atoms with E-state index in [4.69, 9.17) is 15.6 Å². The Hall–Kier alpha value is -1.77. The van der Waals surface area contributed by atoms with Crippen LogP contribution >= 0.6 is 0 Å². The molecular weight excluding hydrogens is 245 g/mol. The molecule has 1 saturated heterocycles. The first-order valence-corrected chi connectivity index (χ1v) is 5.17. The smallest absolute Gasteiger partial charge is 0.351 e. The van der Waals surface area contributed by atoms with Gasteiger partial charge in [-0.2, -0.15) is 4.98 Å². The van der Waals surface area contributed by atoms with Crippen molar-refractivity contribution in [1.29, 1.82) is 0 Å². The number of nitrogen functional groups attached to an aromatic ring is 1. The van der Waals surface area contributed by atoms with Crippen LogP contribution in [0.1, 0.15) is 6.23 Å². The van der Waals surface area contributed by atoms with E-state index in [-0.39, 0.29) is 17.7 Å². The lowest BCUT2D eigenvalue weighted by molar-refractivity contribution is -0.0447. The number of halogens is 1. The minimum absolute atomic E-state index is 0.0271. The second kappa shape index (κ2) is 4.84. The fourth-order valence-corrected chi connectivity index (χ4v) is 1.77. The Morgan fingerprint density at radius 1 is 1.67 bits per heavy atom. The molecule has 1 fully saturated rings. The van der Waals surface area contributed by atoms with Gasteiger partial charge in [-0.3, -0.25) is 4.57 Å². The molecule has 0 saturated carbocycles. The average molecular weight is 257 g/mol. The van der Waals surface area contributed by atoms with Gasteiger partial charge in [0.2, 0.25) is 0 Å². The predicted octanol–water partition coefficient (Wildman–Crippen LogP) is -1.07. The number of hydrogen-bond acceptors (Lipinski definition) is 6. The Bertz CT molecular complexity index is 530. The van der Waals surface area contributed by atoms with E-state index in [1.165, 1.54) is 12.3 Å². The molecule has 0 radical (unpaired) electrons. The van der Waals surface area contributed by atoms with Gasteiger partial charge in [0.05, 0.1) is 12.9 Å². The van der Waals surface area contributed by atoms with Crippen molar-refractivity contribution < 1.29 is 19.3 Å². The highest BCUT2D eigenvalue weighted by Crippen LogP contribution is 2.33. The fraction of sp³-hybridized carbons (Fsp3) is 0.400. The van der Waals surface area contributed by atoms with Crippen LogP contribution in [-0.4, -0.2) is 38.6 Å². The highest BCUT2D eigenvalue weighted by Gasteiger charge is 2.40. The number of ether oxygens (including phenoxy) is 1. The second-order valence-electron chi connectivity index (χ2n) is 3.81. The molecule has 1 aliphatic heterocycles. The first-order valence-electron chi connectivity index (χ1n) is 5.17. The van der Waals surface area contributed by atoms with Crippen LogP contribution in [0.25, 0.3) is 0 Å². The minimum Gasteiger partial charge on any atom is -0.394 e. The lowest BCUT2D eigenvalue weighted by atomic mass is 10.1. The van der Waals surface area contributed by atoms with Gasteiger partial charge in [-0.15, -0.1) is 0 Å². The highest BCUT2D eigenvalue weighted by molar-refractivity contribution is 5.25. The Morgan fingerprint density at radius 3 is 2.94 bits per heavy atom. The van der Waals surface area contributed by atoms with Crippen molar-refractivity contribution >= 4 is 5.82 Å². The number of aliphatic hydroxyl groups is 2. The molecule has 0 bridgehead atoms. The summed E-state index contributed by atoms with van der Waals surface area (Å²) < 4.78 is 19.0. The van der Waals surface area contributed by atoms with Crippen molar-refractivity contribution in [3.63, 3.8) is 0 Å². The van der Waals surface area contributed by atoms with E-state index in [2.05, 4.69) is 4.98 Å². The molecule has 0 aromatic carbocycles. The standard InChI is InChI=1S/C10H12FN3O4/c11-3-5-8(16)6(4-15)18-9(5)14-2-1-7(12)13-10(14)17/h1-3,6,8-9,15-16H,4H2,(H2,12,13,17)/b5-3+/t6?,8-,9-/m1/s1. The lowest BCUT2D eigenvalue weighted by Gasteiger charge is -2.14. The number of rotatable bonds is 2. The maximum absolute atomic E-state index is 12.8. The van der Waals surface area contributed by atoms with E-state index < -0.39 is 30.7 Å². The largest absolute Gasteiger partial charge is 0.394 e. The van der Waals surface area contributed by atoms with E-state index in [0.29, 0.717) is 0 Å². The lowest BCUT2D eigenvalue weighted by Crippen LogP contribution is -2.28. The van der Waals surface area contributed by atoms with Crippen molar-refractivity contribution in [2.24, 2.45) is 0 Å². The van der Waals surface area contributed by atoms with E-state index in [0.717, 1.165) is 4.57 Å². The number of hydrogen-bond donors (Lipinski definition) is 3. The Labute approximate surface area is 101 Å². The second-order valence-corrected chi connectivity index (χ2v) is 3.81.